The number of hydrogen-bond donors (Lipinski definition) is 0. The Bertz CT molecular complexity index is 1050. The van der Waals surface area contributed by atoms with Crippen molar-refractivity contribution in [2.24, 2.45) is 0 Å². The Hall–Kier alpha value is -2.88. The molecule has 4 aromatic carbocycles. The Balaban J connectivity index is 1.32. The number of ether oxygens (including phenoxy) is 3. The molecule has 4 aromatic rings. The molecule has 0 spiro atoms. The molecule has 0 aliphatic carbocycles. The van der Waals surface area contributed by atoms with Gasteiger partial charge in [-0.05, 0) is 64.2 Å². The van der Waals surface area contributed by atoms with Gasteiger partial charge in [0.05, 0.1) is 19.8 Å². The van der Waals surface area contributed by atoms with E-state index in [0.717, 1.165) is 12.2 Å². The predicted octanol–water partition coefficient (Wildman–Crippen LogP) is 6.51. The Morgan fingerprint density at radius 1 is 0.767 bits per heavy atom. The Kier molecular flexibility index (Phi) is 6.63. The van der Waals surface area contributed by atoms with Crippen molar-refractivity contribution in [2.45, 2.75) is 33.2 Å². The molecule has 0 heterocycles. The highest BCUT2D eigenvalue weighted by Crippen LogP contribution is 2.29. The van der Waals surface area contributed by atoms with E-state index in [2.05, 4.69) is 73.7 Å². The van der Waals surface area contributed by atoms with Gasteiger partial charge in [0.25, 0.3) is 0 Å². The second kappa shape index (κ2) is 9.75. The lowest BCUT2D eigenvalue weighted by molar-refractivity contribution is -0.0847. The lowest BCUT2D eigenvalue weighted by Crippen LogP contribution is -2.19. The highest BCUT2D eigenvalue weighted by Gasteiger charge is 2.08. The van der Waals surface area contributed by atoms with Crippen LogP contribution in [0.5, 0.6) is 5.75 Å². The molecule has 0 aliphatic heterocycles. The molecule has 0 fully saturated rings. The molecule has 3 nitrogen and oxygen atoms in total. The summed E-state index contributed by atoms with van der Waals surface area (Å²) in [5, 5.41) is 4.96. The molecular weight excluding hydrogens is 372 g/mol. The van der Waals surface area contributed by atoms with Gasteiger partial charge >= 0.3 is 0 Å². The molecule has 0 saturated heterocycles. The first-order chi connectivity index (χ1) is 14.7. The molecule has 0 radical (unpaired) electrons. The van der Waals surface area contributed by atoms with Gasteiger partial charge in [-0.15, -0.1) is 0 Å². The molecule has 0 bridgehead atoms. The monoisotopic (exact) mass is 400 g/mol. The van der Waals surface area contributed by atoms with E-state index in [1.165, 1.54) is 32.7 Å². The van der Waals surface area contributed by atoms with Crippen LogP contribution >= 0.6 is 0 Å². The van der Waals surface area contributed by atoms with Crippen molar-refractivity contribution in [3.05, 3.63) is 90.0 Å². The molecule has 0 aromatic heterocycles. The topological polar surface area (TPSA) is 27.7 Å². The van der Waals surface area contributed by atoms with E-state index < -0.39 is 0 Å². The zero-order chi connectivity index (χ0) is 20.8. The minimum Gasteiger partial charge on any atom is -0.465 e. The zero-order valence-corrected chi connectivity index (χ0v) is 17.6. The maximum absolute atomic E-state index is 5.99. The number of rotatable bonds is 9. The van der Waals surface area contributed by atoms with Crippen molar-refractivity contribution in [1.29, 1.82) is 0 Å². The number of fused-ring (bicyclic) bond motifs is 2. The van der Waals surface area contributed by atoms with Crippen molar-refractivity contribution >= 4 is 21.5 Å². The van der Waals surface area contributed by atoms with E-state index in [9.17, 15) is 0 Å². The van der Waals surface area contributed by atoms with Crippen LogP contribution in [0.25, 0.3) is 21.5 Å². The summed E-state index contributed by atoms with van der Waals surface area (Å²) in [6, 6.07) is 27.3. The molecule has 0 aliphatic rings. The van der Waals surface area contributed by atoms with Crippen molar-refractivity contribution in [3.8, 4) is 5.75 Å². The molecule has 0 amide bonds. The van der Waals surface area contributed by atoms with Gasteiger partial charge in [0.2, 0.25) is 0 Å². The van der Waals surface area contributed by atoms with Gasteiger partial charge in [-0.2, -0.15) is 0 Å². The normalized spacial score (nSPS) is 12.3. The van der Waals surface area contributed by atoms with Crippen LogP contribution in [0, 0.1) is 0 Å². The molecule has 4 rings (SSSR count). The minimum absolute atomic E-state index is 0.320. The third-order valence-corrected chi connectivity index (χ3v) is 5.34. The molecule has 154 valence electrons. The molecule has 0 N–H and O–H groups in total. The largest absolute Gasteiger partial charge is 0.465 e. The van der Waals surface area contributed by atoms with Crippen LogP contribution in [0.3, 0.4) is 0 Å². The lowest BCUT2D eigenvalue weighted by atomic mass is 9.97. The van der Waals surface area contributed by atoms with Crippen molar-refractivity contribution in [2.75, 3.05) is 13.2 Å². The maximum atomic E-state index is 5.99. The van der Waals surface area contributed by atoms with Gasteiger partial charge < -0.3 is 14.2 Å². The first kappa shape index (κ1) is 20.4. The van der Waals surface area contributed by atoms with Crippen molar-refractivity contribution in [3.63, 3.8) is 0 Å². The van der Waals surface area contributed by atoms with E-state index in [1.54, 1.807) is 0 Å². The first-order valence-corrected chi connectivity index (χ1v) is 10.6. The van der Waals surface area contributed by atoms with Gasteiger partial charge in [-0.3, -0.25) is 0 Å². The van der Waals surface area contributed by atoms with E-state index in [-0.39, 0.29) is 6.29 Å². The van der Waals surface area contributed by atoms with Gasteiger partial charge in [-0.25, -0.2) is 0 Å². The van der Waals surface area contributed by atoms with Crippen LogP contribution < -0.4 is 4.74 Å². The van der Waals surface area contributed by atoms with Gasteiger partial charge in [-0.1, -0.05) is 67.6 Å². The highest BCUT2D eigenvalue weighted by atomic mass is 16.7. The van der Waals surface area contributed by atoms with Crippen molar-refractivity contribution in [1.82, 2.24) is 0 Å². The quantitative estimate of drug-likeness (QED) is 0.182. The average molecular weight is 401 g/mol. The SMILES string of the molecule is CCc1ccc(OC(C)OCCOCc2c3ccccc3cc3ccccc23)cc1. The molecule has 1 atom stereocenters. The van der Waals surface area contributed by atoms with Crippen LogP contribution in [0.1, 0.15) is 25.0 Å². The Morgan fingerprint density at radius 2 is 1.40 bits per heavy atom. The highest BCUT2D eigenvalue weighted by molar-refractivity contribution is 6.02. The summed E-state index contributed by atoms with van der Waals surface area (Å²) in [6.07, 6.45) is 0.704. The smallest absolute Gasteiger partial charge is 0.197 e. The van der Waals surface area contributed by atoms with Crippen LogP contribution in [0.2, 0.25) is 0 Å². The van der Waals surface area contributed by atoms with Crippen molar-refractivity contribution < 1.29 is 14.2 Å². The van der Waals surface area contributed by atoms with E-state index in [4.69, 9.17) is 14.2 Å². The summed E-state index contributed by atoms with van der Waals surface area (Å²) < 4.78 is 17.6. The molecule has 0 saturated carbocycles. The second-order valence-electron chi connectivity index (χ2n) is 7.40. The fraction of sp³-hybridized carbons (Fsp3) is 0.259. The third-order valence-electron chi connectivity index (χ3n) is 5.34. The summed E-state index contributed by atoms with van der Waals surface area (Å²) in [6.45, 7) is 5.60. The summed E-state index contributed by atoms with van der Waals surface area (Å²) in [5.41, 5.74) is 2.52. The molecule has 3 heteroatoms. The fourth-order valence-corrected chi connectivity index (χ4v) is 3.74. The van der Waals surface area contributed by atoms with E-state index in [0.29, 0.717) is 19.8 Å². The van der Waals surface area contributed by atoms with Crippen LogP contribution in [0.4, 0.5) is 0 Å². The standard InChI is InChI=1S/C27H28O3/c1-3-21-12-14-24(15-13-21)30-20(2)29-17-16-28-19-27-25-10-6-4-8-22(25)18-23-9-5-7-11-26(23)27/h4-15,18,20H,3,16-17,19H2,1-2H3. The number of aryl methyl sites for hydroxylation is 1. The molecule has 1 unspecified atom stereocenters. The zero-order valence-electron chi connectivity index (χ0n) is 17.6. The number of hydrogen-bond acceptors (Lipinski definition) is 3. The first-order valence-electron chi connectivity index (χ1n) is 10.6. The van der Waals surface area contributed by atoms with Crippen LogP contribution in [-0.2, 0) is 22.5 Å². The Labute approximate surface area is 178 Å². The maximum Gasteiger partial charge on any atom is 0.197 e. The summed E-state index contributed by atoms with van der Waals surface area (Å²) in [7, 11) is 0. The van der Waals surface area contributed by atoms with Gasteiger partial charge in [0.1, 0.15) is 5.75 Å². The summed E-state index contributed by atoms with van der Waals surface area (Å²) in [5.74, 6) is 0.822. The van der Waals surface area contributed by atoms with Crippen LogP contribution in [0.15, 0.2) is 78.9 Å². The number of benzene rings is 4. The Morgan fingerprint density at radius 3 is 2.03 bits per heavy atom. The minimum atomic E-state index is -0.320. The molecular formula is C27H28O3. The second-order valence-corrected chi connectivity index (χ2v) is 7.40. The van der Waals surface area contributed by atoms with E-state index >= 15 is 0 Å². The average Bonchev–Trinajstić information content (AvgIpc) is 2.78. The summed E-state index contributed by atoms with van der Waals surface area (Å²) >= 11 is 0. The van der Waals surface area contributed by atoms with Gasteiger partial charge in [0.15, 0.2) is 6.29 Å². The van der Waals surface area contributed by atoms with Crippen LogP contribution in [-0.4, -0.2) is 19.5 Å². The van der Waals surface area contributed by atoms with E-state index in [1.807, 2.05) is 19.1 Å². The molecule has 30 heavy (non-hydrogen) atoms. The van der Waals surface area contributed by atoms with Gasteiger partial charge in [0, 0.05) is 0 Å². The lowest BCUT2D eigenvalue weighted by Gasteiger charge is -2.16. The third kappa shape index (κ3) is 4.81. The fourth-order valence-electron chi connectivity index (χ4n) is 3.74. The summed E-state index contributed by atoms with van der Waals surface area (Å²) in [4.78, 5) is 0. The predicted molar refractivity (Wildman–Crippen MR) is 123 cm³/mol.